The zero-order valence-electron chi connectivity index (χ0n) is 9.06. The minimum Gasteiger partial charge on any atom is -0.382 e. The first-order valence-electron chi connectivity index (χ1n) is 4.99. The average Bonchev–Trinajstić information content (AvgIpc) is 2.28. The summed E-state index contributed by atoms with van der Waals surface area (Å²) in [7, 11) is 0. The fourth-order valence-corrected chi connectivity index (χ4v) is 1.45. The third kappa shape index (κ3) is 2.62. The second-order valence-corrected chi connectivity index (χ2v) is 3.69. The number of halogens is 2. The van der Waals surface area contributed by atoms with Gasteiger partial charge in [-0.2, -0.15) is 0 Å². The van der Waals surface area contributed by atoms with Crippen molar-refractivity contribution in [2.75, 3.05) is 0 Å². The molecule has 1 aromatic carbocycles. The van der Waals surface area contributed by atoms with E-state index in [9.17, 15) is 13.9 Å². The van der Waals surface area contributed by atoms with Crippen molar-refractivity contribution in [3.05, 3.63) is 59.2 Å². The topological polar surface area (TPSA) is 46.0 Å². The van der Waals surface area contributed by atoms with E-state index in [0.29, 0.717) is 5.69 Å². The van der Waals surface area contributed by atoms with Crippen LogP contribution in [0.4, 0.5) is 8.78 Å². The smallest absolute Gasteiger partial charge is 0.126 e. The van der Waals surface area contributed by atoms with E-state index in [-0.39, 0.29) is 11.3 Å². The first-order chi connectivity index (χ1) is 8.06. The van der Waals surface area contributed by atoms with E-state index < -0.39 is 17.7 Å². The van der Waals surface area contributed by atoms with Gasteiger partial charge in [0.25, 0.3) is 0 Å². The molecule has 0 amide bonds. The van der Waals surface area contributed by atoms with Crippen LogP contribution in [0.5, 0.6) is 0 Å². The van der Waals surface area contributed by atoms with Crippen LogP contribution < -0.4 is 0 Å². The average molecular weight is 236 g/mol. The normalized spacial score (nSPS) is 12.5. The van der Waals surface area contributed by atoms with E-state index in [1.807, 2.05) is 0 Å². The predicted molar refractivity (Wildman–Crippen MR) is 57.2 cm³/mol. The van der Waals surface area contributed by atoms with Crippen molar-refractivity contribution in [3.63, 3.8) is 0 Å². The van der Waals surface area contributed by atoms with Crippen molar-refractivity contribution < 1.29 is 13.9 Å². The quantitative estimate of drug-likeness (QED) is 0.868. The number of aliphatic hydroxyl groups excluding tert-OH is 1. The molecule has 0 saturated carbocycles. The second kappa shape index (κ2) is 4.55. The van der Waals surface area contributed by atoms with E-state index in [4.69, 9.17) is 0 Å². The van der Waals surface area contributed by atoms with Crippen molar-refractivity contribution >= 4 is 0 Å². The third-order valence-electron chi connectivity index (χ3n) is 2.28. The first-order valence-corrected chi connectivity index (χ1v) is 4.99. The van der Waals surface area contributed by atoms with Crippen LogP contribution in [0.25, 0.3) is 0 Å². The summed E-state index contributed by atoms with van der Waals surface area (Å²) < 4.78 is 26.0. The molecule has 0 saturated heterocycles. The summed E-state index contributed by atoms with van der Waals surface area (Å²) in [6, 6.07) is 2.88. The highest BCUT2D eigenvalue weighted by Gasteiger charge is 2.14. The summed E-state index contributed by atoms with van der Waals surface area (Å²) in [5.41, 5.74) is 1.06. The Morgan fingerprint density at radius 2 is 1.71 bits per heavy atom. The highest BCUT2D eigenvalue weighted by molar-refractivity contribution is 5.26. The number of hydrogen-bond donors (Lipinski definition) is 1. The molecular formula is C12H10F2N2O. The van der Waals surface area contributed by atoms with Gasteiger partial charge in [-0.15, -0.1) is 0 Å². The molecular weight excluding hydrogens is 226 g/mol. The molecule has 1 atom stereocenters. The van der Waals surface area contributed by atoms with E-state index in [0.717, 1.165) is 18.2 Å². The number of aromatic nitrogens is 2. The number of hydrogen-bond acceptors (Lipinski definition) is 3. The largest absolute Gasteiger partial charge is 0.382 e. The van der Waals surface area contributed by atoms with Crippen molar-refractivity contribution in [1.29, 1.82) is 0 Å². The molecule has 88 valence electrons. The second-order valence-electron chi connectivity index (χ2n) is 3.69. The Balaban J connectivity index is 2.36. The molecule has 1 aromatic heterocycles. The first kappa shape index (κ1) is 11.6. The fraction of sp³-hybridized carbons (Fsp3) is 0.167. The molecule has 1 unspecified atom stereocenters. The molecule has 17 heavy (non-hydrogen) atoms. The third-order valence-corrected chi connectivity index (χ3v) is 2.28. The molecule has 0 bridgehead atoms. The van der Waals surface area contributed by atoms with E-state index in [2.05, 4.69) is 9.97 Å². The van der Waals surface area contributed by atoms with Crippen LogP contribution in [-0.4, -0.2) is 15.1 Å². The molecule has 3 nitrogen and oxygen atoms in total. The number of rotatable bonds is 2. The standard InChI is InChI=1S/C12H10F2N2O/c1-7-5-16-11(6-15-7)12(17)8-2-9(13)4-10(14)3-8/h2-6,12,17H,1H3. The molecule has 0 aliphatic heterocycles. The zero-order chi connectivity index (χ0) is 12.4. The minimum absolute atomic E-state index is 0.112. The van der Waals surface area contributed by atoms with Crippen molar-refractivity contribution in [1.82, 2.24) is 9.97 Å². The van der Waals surface area contributed by atoms with Gasteiger partial charge in [-0.05, 0) is 24.6 Å². The molecule has 1 heterocycles. The Bertz CT molecular complexity index is 508. The molecule has 0 fully saturated rings. The molecule has 2 aromatic rings. The van der Waals surface area contributed by atoms with Gasteiger partial charge in [0, 0.05) is 12.3 Å². The summed E-state index contributed by atoms with van der Waals surface area (Å²) in [5.74, 6) is -1.47. The Morgan fingerprint density at radius 3 is 2.24 bits per heavy atom. The lowest BCUT2D eigenvalue weighted by molar-refractivity contribution is 0.213. The monoisotopic (exact) mass is 236 g/mol. The minimum atomic E-state index is -1.19. The molecule has 1 N–H and O–H groups in total. The van der Waals surface area contributed by atoms with E-state index in [1.54, 1.807) is 6.92 Å². The lowest BCUT2D eigenvalue weighted by atomic mass is 10.1. The van der Waals surface area contributed by atoms with Crippen LogP contribution in [0.15, 0.2) is 30.6 Å². The Labute approximate surface area is 96.8 Å². The van der Waals surface area contributed by atoms with Gasteiger partial charge in [0.1, 0.15) is 17.7 Å². The molecule has 5 heteroatoms. The maximum Gasteiger partial charge on any atom is 0.126 e. The van der Waals surface area contributed by atoms with E-state index >= 15 is 0 Å². The molecule has 0 aliphatic rings. The molecule has 0 spiro atoms. The van der Waals surface area contributed by atoms with Crippen LogP contribution in [0.1, 0.15) is 23.1 Å². The summed E-state index contributed by atoms with van der Waals surface area (Å²) in [5, 5.41) is 9.90. The molecule has 2 rings (SSSR count). The van der Waals surface area contributed by atoms with Gasteiger partial charge in [-0.25, -0.2) is 8.78 Å². The van der Waals surface area contributed by atoms with Crippen LogP contribution in [0.3, 0.4) is 0 Å². The number of aryl methyl sites for hydroxylation is 1. The number of benzene rings is 1. The summed E-state index contributed by atoms with van der Waals surface area (Å²) >= 11 is 0. The van der Waals surface area contributed by atoms with Crippen molar-refractivity contribution in [2.24, 2.45) is 0 Å². The zero-order valence-corrected chi connectivity index (χ0v) is 9.06. The van der Waals surface area contributed by atoms with Crippen molar-refractivity contribution in [2.45, 2.75) is 13.0 Å². The van der Waals surface area contributed by atoms with Gasteiger partial charge in [0.05, 0.1) is 17.6 Å². The van der Waals surface area contributed by atoms with Crippen molar-refractivity contribution in [3.8, 4) is 0 Å². The fourth-order valence-electron chi connectivity index (χ4n) is 1.45. The van der Waals surface area contributed by atoms with Gasteiger partial charge >= 0.3 is 0 Å². The summed E-state index contributed by atoms with van der Waals surface area (Å²) in [4.78, 5) is 7.92. The Kier molecular flexibility index (Phi) is 3.10. The molecule has 0 aliphatic carbocycles. The maximum atomic E-state index is 13.0. The maximum absolute atomic E-state index is 13.0. The number of nitrogens with zero attached hydrogens (tertiary/aromatic N) is 2. The predicted octanol–water partition coefficient (Wildman–Crippen LogP) is 2.14. The highest BCUT2D eigenvalue weighted by atomic mass is 19.1. The van der Waals surface area contributed by atoms with E-state index in [1.165, 1.54) is 12.4 Å². The van der Waals surface area contributed by atoms with Gasteiger partial charge < -0.3 is 5.11 Å². The van der Waals surface area contributed by atoms with Gasteiger partial charge in [0.2, 0.25) is 0 Å². The molecule has 0 radical (unpaired) electrons. The van der Waals surface area contributed by atoms with Crippen LogP contribution in [0.2, 0.25) is 0 Å². The van der Waals surface area contributed by atoms with Crippen LogP contribution in [0, 0.1) is 18.6 Å². The Morgan fingerprint density at radius 1 is 1.06 bits per heavy atom. The van der Waals surface area contributed by atoms with Gasteiger partial charge in [0.15, 0.2) is 0 Å². The van der Waals surface area contributed by atoms with Gasteiger partial charge in [-0.1, -0.05) is 0 Å². The van der Waals surface area contributed by atoms with Gasteiger partial charge in [-0.3, -0.25) is 9.97 Å². The Hall–Kier alpha value is -1.88. The number of aliphatic hydroxyl groups is 1. The summed E-state index contributed by atoms with van der Waals surface area (Å²) in [6.07, 6.45) is 1.67. The lowest BCUT2D eigenvalue weighted by Crippen LogP contribution is -2.04. The SMILES string of the molecule is Cc1cnc(C(O)c2cc(F)cc(F)c2)cn1. The van der Waals surface area contributed by atoms with Crippen LogP contribution in [-0.2, 0) is 0 Å². The summed E-state index contributed by atoms with van der Waals surface area (Å²) in [6.45, 7) is 1.75. The van der Waals surface area contributed by atoms with Crippen LogP contribution >= 0.6 is 0 Å². The highest BCUT2D eigenvalue weighted by Crippen LogP contribution is 2.21. The lowest BCUT2D eigenvalue weighted by Gasteiger charge is -2.10.